The van der Waals surface area contributed by atoms with Gasteiger partial charge in [0, 0.05) is 13.2 Å². The summed E-state index contributed by atoms with van der Waals surface area (Å²) in [6.07, 6.45) is 0.986. The van der Waals surface area contributed by atoms with E-state index in [0.717, 1.165) is 18.4 Å². The van der Waals surface area contributed by atoms with Crippen LogP contribution >= 0.6 is 0 Å². The molecular weight excluding hydrogens is 492 g/mol. The maximum absolute atomic E-state index is 13.5. The van der Waals surface area contributed by atoms with Crippen LogP contribution < -0.4 is 14.2 Å². The summed E-state index contributed by atoms with van der Waals surface area (Å²) in [5.74, 6) is 0.834. The zero-order valence-corrected chi connectivity index (χ0v) is 21.6. The van der Waals surface area contributed by atoms with E-state index in [-0.39, 0.29) is 28.8 Å². The second-order valence-electron chi connectivity index (χ2n) is 9.37. The normalized spacial score (nSPS) is 20.3. The molecule has 9 heteroatoms. The number of amides is 1. The number of nitrogens with one attached hydrogen (secondary N) is 1. The van der Waals surface area contributed by atoms with E-state index in [1.165, 1.54) is 13.2 Å². The number of carbonyl (C=O) groups excluding carboxylic acids is 1. The molecule has 1 saturated heterocycles. The molecule has 3 aromatic carbocycles. The largest absolute Gasteiger partial charge is 0.495 e. The first-order chi connectivity index (χ1) is 17.9. The highest BCUT2D eigenvalue weighted by Crippen LogP contribution is 2.50. The van der Waals surface area contributed by atoms with Crippen LogP contribution in [-0.4, -0.2) is 58.7 Å². The standard InChI is InChI=1S/C28H30N2O6S/c1-34-23-13-6-7-14-26(23)37(32,33)29-21-11-8-12-22(17-21)36-25-19-30(18-24(25)35-2)27(31)28(15-16-28)20-9-4-3-5-10-20/h3-14,17,24-25,29H,15-16,18-19H2,1-2H3/t24-,25-/m1/s1. The molecule has 2 aliphatic rings. The van der Waals surface area contributed by atoms with Crippen LogP contribution in [0.3, 0.4) is 0 Å². The molecule has 194 valence electrons. The van der Waals surface area contributed by atoms with Crippen molar-refractivity contribution in [3.8, 4) is 11.5 Å². The van der Waals surface area contributed by atoms with E-state index in [9.17, 15) is 13.2 Å². The van der Waals surface area contributed by atoms with Crippen molar-refractivity contribution in [2.24, 2.45) is 0 Å². The molecule has 1 aliphatic carbocycles. The van der Waals surface area contributed by atoms with E-state index < -0.39 is 15.4 Å². The van der Waals surface area contributed by atoms with Gasteiger partial charge in [0.25, 0.3) is 10.0 Å². The van der Waals surface area contributed by atoms with Gasteiger partial charge in [0.05, 0.1) is 31.3 Å². The van der Waals surface area contributed by atoms with Crippen molar-refractivity contribution in [3.05, 3.63) is 84.4 Å². The van der Waals surface area contributed by atoms with Crippen LogP contribution in [0.1, 0.15) is 18.4 Å². The number of methoxy groups -OCH3 is 2. The predicted molar refractivity (Wildman–Crippen MR) is 139 cm³/mol. The molecule has 0 aromatic heterocycles. The minimum absolute atomic E-state index is 0.0423. The van der Waals surface area contributed by atoms with Crippen LogP contribution in [0.2, 0.25) is 0 Å². The van der Waals surface area contributed by atoms with Gasteiger partial charge in [0.2, 0.25) is 5.91 Å². The molecule has 0 spiro atoms. The summed E-state index contributed by atoms with van der Waals surface area (Å²) in [7, 11) is -0.845. The molecule has 1 aliphatic heterocycles. The Labute approximate surface area is 217 Å². The molecule has 0 bridgehead atoms. The van der Waals surface area contributed by atoms with E-state index in [1.807, 2.05) is 35.2 Å². The third kappa shape index (κ3) is 5.01. The second kappa shape index (κ2) is 10.1. The number of likely N-dealkylation sites (tertiary alicyclic amines) is 1. The summed E-state index contributed by atoms with van der Waals surface area (Å²) < 4.78 is 45.6. The predicted octanol–water partition coefficient (Wildman–Crippen LogP) is 3.83. The summed E-state index contributed by atoms with van der Waals surface area (Å²) in [6.45, 7) is 0.831. The lowest BCUT2D eigenvalue weighted by Crippen LogP contribution is -2.38. The molecule has 2 fully saturated rings. The molecule has 5 rings (SSSR count). The quantitative estimate of drug-likeness (QED) is 0.459. The first kappa shape index (κ1) is 25.1. The van der Waals surface area contributed by atoms with Crippen LogP contribution in [0, 0.1) is 0 Å². The maximum Gasteiger partial charge on any atom is 0.265 e. The zero-order chi connectivity index (χ0) is 26.0. The summed E-state index contributed by atoms with van der Waals surface area (Å²) in [5, 5.41) is 0. The summed E-state index contributed by atoms with van der Waals surface area (Å²) in [5.41, 5.74) is 0.947. The number of carbonyl (C=O) groups is 1. The Morgan fingerprint density at radius 3 is 2.32 bits per heavy atom. The van der Waals surface area contributed by atoms with Gasteiger partial charge in [0.1, 0.15) is 28.6 Å². The lowest BCUT2D eigenvalue weighted by molar-refractivity contribution is -0.133. The Balaban J connectivity index is 1.29. The van der Waals surface area contributed by atoms with Crippen LogP contribution in [0.15, 0.2) is 83.8 Å². The minimum atomic E-state index is -3.88. The van der Waals surface area contributed by atoms with Crippen molar-refractivity contribution in [2.75, 3.05) is 32.0 Å². The number of para-hydroxylation sites is 1. The smallest absolute Gasteiger partial charge is 0.265 e. The zero-order valence-electron chi connectivity index (χ0n) is 20.8. The fraction of sp³-hybridized carbons (Fsp3) is 0.321. The Hall–Kier alpha value is -3.56. The Morgan fingerprint density at radius 1 is 0.919 bits per heavy atom. The van der Waals surface area contributed by atoms with Gasteiger partial charge in [0.15, 0.2) is 0 Å². The van der Waals surface area contributed by atoms with E-state index in [2.05, 4.69) is 4.72 Å². The lowest BCUT2D eigenvalue weighted by Gasteiger charge is -2.23. The van der Waals surface area contributed by atoms with Gasteiger partial charge < -0.3 is 19.1 Å². The Kier molecular flexibility index (Phi) is 6.83. The Bertz CT molecular complexity index is 1370. The number of hydrogen-bond donors (Lipinski definition) is 1. The van der Waals surface area contributed by atoms with Gasteiger partial charge in [-0.25, -0.2) is 8.42 Å². The molecular formula is C28H30N2O6S. The molecule has 0 unspecified atom stereocenters. The SMILES string of the molecule is COc1ccccc1S(=O)(=O)Nc1cccc(O[C@@H]2CN(C(=O)C3(c4ccccc4)CC3)C[C@H]2OC)c1. The Morgan fingerprint density at radius 2 is 1.62 bits per heavy atom. The molecule has 2 atom stereocenters. The maximum atomic E-state index is 13.5. The molecule has 0 radical (unpaired) electrons. The third-order valence-electron chi connectivity index (χ3n) is 7.02. The highest BCUT2D eigenvalue weighted by molar-refractivity contribution is 7.92. The van der Waals surface area contributed by atoms with Crippen molar-refractivity contribution >= 4 is 21.6 Å². The van der Waals surface area contributed by atoms with Crippen LogP contribution in [0.5, 0.6) is 11.5 Å². The molecule has 1 heterocycles. The number of nitrogens with zero attached hydrogens (tertiary/aromatic N) is 1. The topological polar surface area (TPSA) is 94.2 Å². The fourth-order valence-corrected chi connectivity index (χ4v) is 6.14. The molecule has 1 N–H and O–H groups in total. The number of benzene rings is 3. The highest BCUT2D eigenvalue weighted by Gasteiger charge is 2.54. The number of rotatable bonds is 9. The van der Waals surface area contributed by atoms with Gasteiger partial charge in [-0.15, -0.1) is 0 Å². The third-order valence-corrected chi connectivity index (χ3v) is 8.44. The van der Waals surface area contributed by atoms with E-state index in [4.69, 9.17) is 14.2 Å². The minimum Gasteiger partial charge on any atom is -0.495 e. The van der Waals surface area contributed by atoms with E-state index in [1.54, 1.807) is 49.6 Å². The molecule has 37 heavy (non-hydrogen) atoms. The van der Waals surface area contributed by atoms with Gasteiger partial charge in [-0.3, -0.25) is 9.52 Å². The van der Waals surface area contributed by atoms with Crippen molar-refractivity contribution in [1.29, 1.82) is 0 Å². The monoisotopic (exact) mass is 522 g/mol. The molecule has 1 amide bonds. The van der Waals surface area contributed by atoms with Gasteiger partial charge in [-0.2, -0.15) is 0 Å². The average molecular weight is 523 g/mol. The van der Waals surface area contributed by atoms with E-state index in [0.29, 0.717) is 24.5 Å². The first-order valence-electron chi connectivity index (χ1n) is 12.2. The highest BCUT2D eigenvalue weighted by atomic mass is 32.2. The number of hydrogen-bond acceptors (Lipinski definition) is 6. The first-order valence-corrected chi connectivity index (χ1v) is 13.6. The van der Waals surface area contributed by atoms with Crippen LogP contribution in [0.25, 0.3) is 0 Å². The summed E-state index contributed by atoms with van der Waals surface area (Å²) in [6, 6.07) is 23.1. The van der Waals surface area contributed by atoms with Crippen LogP contribution in [0.4, 0.5) is 5.69 Å². The average Bonchev–Trinajstić information content (AvgIpc) is 3.63. The molecule has 1 saturated carbocycles. The van der Waals surface area contributed by atoms with Crippen molar-refractivity contribution < 1.29 is 27.4 Å². The second-order valence-corrected chi connectivity index (χ2v) is 11.0. The lowest BCUT2D eigenvalue weighted by atomic mass is 9.94. The van der Waals surface area contributed by atoms with Gasteiger partial charge >= 0.3 is 0 Å². The molecule has 8 nitrogen and oxygen atoms in total. The van der Waals surface area contributed by atoms with Gasteiger partial charge in [-0.1, -0.05) is 48.5 Å². The van der Waals surface area contributed by atoms with E-state index >= 15 is 0 Å². The number of ether oxygens (including phenoxy) is 3. The van der Waals surface area contributed by atoms with Crippen LogP contribution in [-0.2, 0) is 25.0 Å². The number of sulfonamides is 1. The van der Waals surface area contributed by atoms with Gasteiger partial charge in [-0.05, 0) is 42.7 Å². The van der Waals surface area contributed by atoms with Crippen molar-refractivity contribution in [2.45, 2.75) is 35.4 Å². The van der Waals surface area contributed by atoms with Crippen molar-refractivity contribution in [1.82, 2.24) is 4.90 Å². The summed E-state index contributed by atoms with van der Waals surface area (Å²) >= 11 is 0. The van der Waals surface area contributed by atoms with Crippen molar-refractivity contribution in [3.63, 3.8) is 0 Å². The number of anilines is 1. The summed E-state index contributed by atoms with van der Waals surface area (Å²) in [4.78, 5) is 15.4. The fourth-order valence-electron chi connectivity index (χ4n) is 4.92. The molecule has 3 aromatic rings.